The maximum atomic E-state index is 11.9. The van der Waals surface area contributed by atoms with Gasteiger partial charge in [0.2, 0.25) is 0 Å². The van der Waals surface area contributed by atoms with E-state index >= 15 is 0 Å². The average molecular weight is 264 g/mol. The van der Waals surface area contributed by atoms with Gasteiger partial charge in [0.1, 0.15) is 0 Å². The molecule has 102 valence electrons. The minimum absolute atomic E-state index is 0.0508. The predicted octanol–water partition coefficient (Wildman–Crippen LogP) is 2.91. The van der Waals surface area contributed by atoms with Crippen molar-refractivity contribution >= 4 is 0 Å². The topological polar surface area (TPSA) is 38.7 Å². The largest absolute Gasteiger partial charge is 0.493 e. The van der Waals surface area contributed by atoms with Crippen molar-refractivity contribution in [3.8, 4) is 11.5 Å². The highest BCUT2D eigenvalue weighted by Crippen LogP contribution is 2.29. The van der Waals surface area contributed by atoms with Crippen LogP contribution in [0.4, 0.5) is 13.2 Å². The van der Waals surface area contributed by atoms with Gasteiger partial charge in [-0.25, -0.2) is 0 Å². The van der Waals surface area contributed by atoms with Crippen LogP contribution in [0, 0.1) is 0 Å². The van der Waals surface area contributed by atoms with E-state index in [1.807, 2.05) is 0 Å². The molecule has 0 atom stereocenters. The van der Waals surface area contributed by atoms with E-state index in [9.17, 15) is 13.2 Å². The van der Waals surface area contributed by atoms with Crippen molar-refractivity contribution < 1.29 is 27.8 Å². The molecule has 6 heteroatoms. The molecular formula is C12H15F3O3. The minimum Gasteiger partial charge on any atom is -0.493 e. The van der Waals surface area contributed by atoms with Crippen molar-refractivity contribution in [1.29, 1.82) is 0 Å². The van der Waals surface area contributed by atoms with Crippen LogP contribution < -0.4 is 9.47 Å². The predicted molar refractivity (Wildman–Crippen MR) is 59.7 cm³/mol. The van der Waals surface area contributed by atoms with Gasteiger partial charge in [-0.1, -0.05) is 6.07 Å². The number of rotatable bonds is 6. The van der Waals surface area contributed by atoms with E-state index in [4.69, 9.17) is 14.6 Å². The summed E-state index contributed by atoms with van der Waals surface area (Å²) in [5, 5.41) is 8.96. The number of hydrogen-bond donors (Lipinski definition) is 1. The summed E-state index contributed by atoms with van der Waals surface area (Å²) < 4.78 is 46.0. The van der Waals surface area contributed by atoms with Gasteiger partial charge in [0.25, 0.3) is 0 Å². The molecule has 0 saturated carbocycles. The second-order valence-corrected chi connectivity index (χ2v) is 3.71. The van der Waals surface area contributed by atoms with Crippen LogP contribution in [0.15, 0.2) is 18.2 Å². The van der Waals surface area contributed by atoms with Gasteiger partial charge in [0.15, 0.2) is 11.5 Å². The first-order valence-electron chi connectivity index (χ1n) is 5.43. The summed E-state index contributed by atoms with van der Waals surface area (Å²) in [5.41, 5.74) is 0.613. The molecule has 0 heterocycles. The molecule has 0 amide bonds. The monoisotopic (exact) mass is 264 g/mol. The molecule has 0 aliphatic rings. The first-order chi connectivity index (χ1) is 8.46. The molecule has 0 radical (unpaired) electrons. The van der Waals surface area contributed by atoms with Crippen molar-refractivity contribution in [1.82, 2.24) is 0 Å². The van der Waals surface area contributed by atoms with Crippen LogP contribution in [0.25, 0.3) is 0 Å². The van der Waals surface area contributed by atoms with Crippen LogP contribution in [-0.2, 0) is 6.61 Å². The zero-order valence-corrected chi connectivity index (χ0v) is 9.96. The fourth-order valence-electron chi connectivity index (χ4n) is 1.39. The smallest absolute Gasteiger partial charge is 0.389 e. The van der Waals surface area contributed by atoms with Gasteiger partial charge in [0.05, 0.1) is 20.3 Å². The first-order valence-corrected chi connectivity index (χ1v) is 5.43. The summed E-state index contributed by atoms with van der Waals surface area (Å²) in [4.78, 5) is 0. The van der Waals surface area contributed by atoms with Crippen molar-refractivity contribution in [2.75, 3.05) is 13.7 Å². The van der Waals surface area contributed by atoms with Crippen LogP contribution in [-0.4, -0.2) is 25.0 Å². The minimum atomic E-state index is -4.17. The van der Waals surface area contributed by atoms with Gasteiger partial charge in [0, 0.05) is 6.42 Å². The second-order valence-electron chi connectivity index (χ2n) is 3.71. The summed E-state index contributed by atoms with van der Waals surface area (Å²) in [6, 6.07) is 4.80. The lowest BCUT2D eigenvalue weighted by atomic mass is 10.2. The molecule has 0 unspecified atom stereocenters. The van der Waals surface area contributed by atoms with Gasteiger partial charge < -0.3 is 14.6 Å². The molecule has 3 nitrogen and oxygen atoms in total. The summed E-state index contributed by atoms with van der Waals surface area (Å²) in [6.07, 6.45) is -5.16. The summed E-state index contributed by atoms with van der Waals surface area (Å²) >= 11 is 0. The molecule has 0 aliphatic heterocycles. The van der Waals surface area contributed by atoms with Crippen LogP contribution in [0.1, 0.15) is 18.4 Å². The summed E-state index contributed by atoms with van der Waals surface area (Å²) in [7, 11) is 1.44. The SMILES string of the molecule is COc1ccc(CO)cc1OCCCC(F)(F)F. The van der Waals surface area contributed by atoms with E-state index in [0.717, 1.165) is 0 Å². The Labute approximate surface area is 103 Å². The third-order valence-electron chi connectivity index (χ3n) is 2.27. The highest BCUT2D eigenvalue weighted by Gasteiger charge is 2.26. The molecule has 0 aromatic heterocycles. The average Bonchev–Trinajstić information content (AvgIpc) is 2.33. The maximum absolute atomic E-state index is 11.9. The van der Waals surface area contributed by atoms with Gasteiger partial charge in [-0.3, -0.25) is 0 Å². The number of aliphatic hydroxyl groups is 1. The lowest BCUT2D eigenvalue weighted by Crippen LogP contribution is -2.10. The third kappa shape index (κ3) is 4.83. The summed E-state index contributed by atoms with van der Waals surface area (Å²) in [6.45, 7) is -0.215. The second kappa shape index (κ2) is 6.49. The highest BCUT2D eigenvalue weighted by molar-refractivity contribution is 5.42. The van der Waals surface area contributed by atoms with E-state index in [-0.39, 0.29) is 19.6 Å². The molecule has 1 aromatic rings. The van der Waals surface area contributed by atoms with Crippen molar-refractivity contribution in [3.05, 3.63) is 23.8 Å². The number of hydrogen-bond acceptors (Lipinski definition) is 3. The normalized spacial score (nSPS) is 11.4. The Morgan fingerprint density at radius 3 is 2.50 bits per heavy atom. The number of aliphatic hydroxyl groups excluding tert-OH is 1. The van der Waals surface area contributed by atoms with Crippen LogP contribution in [0.3, 0.4) is 0 Å². The Kier molecular flexibility index (Phi) is 5.27. The van der Waals surface area contributed by atoms with Gasteiger partial charge in [-0.05, 0) is 24.1 Å². The number of methoxy groups -OCH3 is 1. The Bertz CT molecular complexity index is 377. The molecule has 0 aliphatic carbocycles. The van der Waals surface area contributed by atoms with E-state index in [1.165, 1.54) is 7.11 Å². The highest BCUT2D eigenvalue weighted by atomic mass is 19.4. The third-order valence-corrected chi connectivity index (χ3v) is 2.27. The standard InChI is InChI=1S/C12H15F3O3/c1-17-10-4-3-9(8-16)7-11(10)18-6-2-5-12(13,14)15/h3-4,7,16H,2,5-6,8H2,1H3. The van der Waals surface area contributed by atoms with E-state index in [1.54, 1.807) is 18.2 Å². The number of benzene rings is 1. The fourth-order valence-corrected chi connectivity index (χ4v) is 1.39. The van der Waals surface area contributed by atoms with Crippen molar-refractivity contribution in [3.63, 3.8) is 0 Å². The van der Waals surface area contributed by atoms with Crippen LogP contribution in [0.2, 0.25) is 0 Å². The fraction of sp³-hybridized carbons (Fsp3) is 0.500. The Morgan fingerprint density at radius 2 is 1.94 bits per heavy atom. The van der Waals surface area contributed by atoms with Crippen LogP contribution >= 0.6 is 0 Å². The van der Waals surface area contributed by atoms with E-state index < -0.39 is 12.6 Å². The zero-order valence-electron chi connectivity index (χ0n) is 9.96. The number of halogens is 3. The molecule has 18 heavy (non-hydrogen) atoms. The zero-order chi connectivity index (χ0) is 13.6. The molecule has 0 saturated heterocycles. The summed E-state index contributed by atoms with van der Waals surface area (Å²) in [5.74, 6) is 0.769. The lowest BCUT2D eigenvalue weighted by molar-refractivity contribution is -0.136. The molecule has 1 rings (SSSR count). The van der Waals surface area contributed by atoms with Crippen molar-refractivity contribution in [2.45, 2.75) is 25.6 Å². The van der Waals surface area contributed by atoms with Gasteiger partial charge in [-0.2, -0.15) is 13.2 Å². The molecule has 1 N–H and O–H groups in total. The molecule has 0 spiro atoms. The van der Waals surface area contributed by atoms with E-state index in [2.05, 4.69) is 0 Å². The van der Waals surface area contributed by atoms with Crippen molar-refractivity contribution in [2.24, 2.45) is 0 Å². The first kappa shape index (κ1) is 14.6. The maximum Gasteiger partial charge on any atom is 0.389 e. The quantitative estimate of drug-likeness (QED) is 0.803. The molecule has 0 fully saturated rings. The van der Waals surface area contributed by atoms with Gasteiger partial charge in [-0.15, -0.1) is 0 Å². The molecule has 1 aromatic carbocycles. The lowest BCUT2D eigenvalue weighted by Gasteiger charge is -2.12. The molecule has 0 bridgehead atoms. The Hall–Kier alpha value is -1.43. The Morgan fingerprint density at radius 1 is 1.22 bits per heavy atom. The number of alkyl halides is 3. The van der Waals surface area contributed by atoms with Gasteiger partial charge >= 0.3 is 6.18 Å². The van der Waals surface area contributed by atoms with Crippen LogP contribution in [0.5, 0.6) is 11.5 Å². The number of ether oxygens (including phenoxy) is 2. The Balaban J connectivity index is 2.54. The molecular weight excluding hydrogens is 249 g/mol. The van der Waals surface area contributed by atoms with E-state index in [0.29, 0.717) is 17.1 Å².